The molecule has 0 amide bonds. The molecule has 1 aromatic carbocycles. The lowest BCUT2D eigenvalue weighted by molar-refractivity contribution is -0.143. The average Bonchev–Trinajstić information content (AvgIpc) is 2.71. The van der Waals surface area contributed by atoms with Crippen LogP contribution in [0.5, 0.6) is 0 Å². The number of rotatable bonds is 2. The third kappa shape index (κ3) is 1.77. The largest absolute Gasteiger partial charge is 0.481 e. The first-order valence-corrected chi connectivity index (χ1v) is 6.35. The maximum Gasteiger partial charge on any atom is 0.314 e. The lowest BCUT2D eigenvalue weighted by atomic mass is 9.78. The van der Waals surface area contributed by atoms with Gasteiger partial charge in [-0.2, -0.15) is 0 Å². The summed E-state index contributed by atoms with van der Waals surface area (Å²) < 4.78 is 0.919. The van der Waals surface area contributed by atoms with Crippen LogP contribution < -0.4 is 0 Å². The molecule has 1 fully saturated rings. The fraction of sp³-hybridized carbons (Fsp3) is 0.462. The van der Waals surface area contributed by atoms with Crippen LogP contribution in [0.25, 0.3) is 0 Å². The normalized spacial score (nSPS) is 18.6. The molecule has 0 heterocycles. The van der Waals surface area contributed by atoms with Crippen molar-refractivity contribution in [1.29, 1.82) is 0 Å². The number of aryl methyl sites for hydroxylation is 1. The Morgan fingerprint density at radius 1 is 1.38 bits per heavy atom. The Kier molecular flexibility index (Phi) is 3.06. The molecule has 86 valence electrons. The molecule has 0 saturated heterocycles. The zero-order chi connectivity index (χ0) is 11.8. The molecule has 1 saturated carbocycles. The van der Waals surface area contributed by atoms with Crippen LogP contribution in [0.1, 0.15) is 36.8 Å². The van der Waals surface area contributed by atoms with E-state index in [0.717, 1.165) is 41.3 Å². The second-order valence-corrected chi connectivity index (χ2v) is 5.43. The van der Waals surface area contributed by atoms with Gasteiger partial charge in [0.25, 0.3) is 0 Å². The van der Waals surface area contributed by atoms with E-state index in [9.17, 15) is 9.90 Å². The Balaban J connectivity index is 2.55. The van der Waals surface area contributed by atoms with E-state index >= 15 is 0 Å². The molecular weight excluding hydrogens is 268 g/mol. The molecule has 0 aliphatic heterocycles. The van der Waals surface area contributed by atoms with Gasteiger partial charge in [0.15, 0.2) is 0 Å². The maximum absolute atomic E-state index is 11.6. The Morgan fingerprint density at radius 3 is 2.56 bits per heavy atom. The summed E-state index contributed by atoms with van der Waals surface area (Å²) in [6, 6.07) is 5.95. The lowest BCUT2D eigenvalue weighted by Gasteiger charge is -2.26. The van der Waals surface area contributed by atoms with Crippen molar-refractivity contribution >= 4 is 21.9 Å². The van der Waals surface area contributed by atoms with E-state index in [4.69, 9.17) is 0 Å². The fourth-order valence-corrected chi connectivity index (χ4v) is 3.21. The number of carbonyl (C=O) groups is 1. The summed E-state index contributed by atoms with van der Waals surface area (Å²) in [5, 5.41) is 9.51. The van der Waals surface area contributed by atoms with Crippen molar-refractivity contribution < 1.29 is 9.90 Å². The smallest absolute Gasteiger partial charge is 0.314 e. The molecule has 0 aromatic heterocycles. The standard InChI is InChI=1S/C13H15BrO2/c1-9-4-5-11(14)10(8-9)13(12(15)16)6-2-3-7-13/h4-5,8H,2-3,6-7H2,1H3,(H,15,16). The molecule has 0 atom stereocenters. The highest BCUT2D eigenvalue weighted by Crippen LogP contribution is 2.44. The van der Waals surface area contributed by atoms with Crippen LogP contribution in [0.4, 0.5) is 0 Å². The monoisotopic (exact) mass is 282 g/mol. The molecule has 3 heteroatoms. The van der Waals surface area contributed by atoms with E-state index in [0.29, 0.717) is 0 Å². The summed E-state index contributed by atoms with van der Waals surface area (Å²) in [4.78, 5) is 11.6. The maximum atomic E-state index is 11.6. The summed E-state index contributed by atoms with van der Waals surface area (Å²) in [7, 11) is 0. The molecule has 0 spiro atoms. The van der Waals surface area contributed by atoms with Crippen molar-refractivity contribution in [2.24, 2.45) is 0 Å². The van der Waals surface area contributed by atoms with E-state index < -0.39 is 11.4 Å². The Hall–Kier alpha value is -0.830. The van der Waals surface area contributed by atoms with Gasteiger partial charge in [-0.3, -0.25) is 4.79 Å². The first-order valence-electron chi connectivity index (χ1n) is 5.56. The number of carboxylic acid groups (broad SMARTS) is 1. The van der Waals surface area contributed by atoms with Gasteiger partial charge in [-0.25, -0.2) is 0 Å². The number of aliphatic carboxylic acids is 1. The van der Waals surface area contributed by atoms with Crippen molar-refractivity contribution in [3.63, 3.8) is 0 Å². The van der Waals surface area contributed by atoms with Gasteiger partial charge in [0.2, 0.25) is 0 Å². The van der Waals surface area contributed by atoms with Crippen molar-refractivity contribution in [1.82, 2.24) is 0 Å². The number of carboxylic acids is 1. The van der Waals surface area contributed by atoms with Gasteiger partial charge >= 0.3 is 5.97 Å². The SMILES string of the molecule is Cc1ccc(Br)c(C2(C(=O)O)CCCC2)c1. The van der Waals surface area contributed by atoms with Crippen LogP contribution in [-0.4, -0.2) is 11.1 Å². The second kappa shape index (κ2) is 4.21. The second-order valence-electron chi connectivity index (χ2n) is 4.58. The van der Waals surface area contributed by atoms with Crippen molar-refractivity contribution in [2.75, 3.05) is 0 Å². The van der Waals surface area contributed by atoms with Crippen molar-refractivity contribution in [3.05, 3.63) is 33.8 Å². The fourth-order valence-electron chi connectivity index (χ4n) is 2.58. The molecule has 0 bridgehead atoms. The number of benzene rings is 1. The van der Waals surface area contributed by atoms with Crippen LogP contribution in [-0.2, 0) is 10.2 Å². The number of halogens is 1. The van der Waals surface area contributed by atoms with Gasteiger partial charge in [-0.05, 0) is 31.4 Å². The molecule has 1 aliphatic carbocycles. The van der Waals surface area contributed by atoms with Crippen LogP contribution in [0.15, 0.2) is 22.7 Å². The third-order valence-electron chi connectivity index (χ3n) is 3.50. The summed E-state index contributed by atoms with van der Waals surface area (Å²) in [6.07, 6.45) is 3.52. The molecule has 1 aliphatic rings. The Labute approximate surface area is 104 Å². The quantitative estimate of drug-likeness (QED) is 0.899. The van der Waals surface area contributed by atoms with Gasteiger partial charge in [0.05, 0.1) is 5.41 Å². The predicted molar refractivity (Wildman–Crippen MR) is 66.7 cm³/mol. The first-order chi connectivity index (χ1) is 7.56. The van der Waals surface area contributed by atoms with Gasteiger partial charge in [0.1, 0.15) is 0 Å². The molecule has 1 aromatic rings. The zero-order valence-corrected chi connectivity index (χ0v) is 10.9. The molecule has 0 unspecified atom stereocenters. The molecule has 1 N–H and O–H groups in total. The van der Waals surface area contributed by atoms with E-state index in [2.05, 4.69) is 15.9 Å². The highest BCUT2D eigenvalue weighted by atomic mass is 79.9. The third-order valence-corrected chi connectivity index (χ3v) is 4.20. The summed E-state index contributed by atoms with van der Waals surface area (Å²) in [5.74, 6) is -0.684. The van der Waals surface area contributed by atoms with Gasteiger partial charge in [-0.1, -0.05) is 46.5 Å². The van der Waals surface area contributed by atoms with E-state index in [1.165, 1.54) is 0 Å². The van der Waals surface area contributed by atoms with Gasteiger partial charge < -0.3 is 5.11 Å². The highest BCUT2D eigenvalue weighted by molar-refractivity contribution is 9.10. The minimum absolute atomic E-state index is 0.662. The Bertz CT molecular complexity index is 420. The first kappa shape index (κ1) is 11.6. The molecular formula is C13H15BrO2. The van der Waals surface area contributed by atoms with E-state index in [-0.39, 0.29) is 0 Å². The molecule has 2 nitrogen and oxygen atoms in total. The molecule has 2 rings (SSSR count). The average molecular weight is 283 g/mol. The number of hydrogen-bond acceptors (Lipinski definition) is 1. The van der Waals surface area contributed by atoms with Crippen LogP contribution in [0, 0.1) is 6.92 Å². The highest BCUT2D eigenvalue weighted by Gasteiger charge is 2.43. The van der Waals surface area contributed by atoms with Crippen LogP contribution >= 0.6 is 15.9 Å². The van der Waals surface area contributed by atoms with Gasteiger partial charge in [-0.15, -0.1) is 0 Å². The minimum Gasteiger partial charge on any atom is -0.481 e. The summed E-state index contributed by atoms with van der Waals surface area (Å²) >= 11 is 3.48. The van der Waals surface area contributed by atoms with Crippen molar-refractivity contribution in [2.45, 2.75) is 38.0 Å². The van der Waals surface area contributed by atoms with E-state index in [1.807, 2.05) is 25.1 Å². The predicted octanol–water partition coefficient (Wildman–Crippen LogP) is 3.65. The van der Waals surface area contributed by atoms with Crippen molar-refractivity contribution in [3.8, 4) is 0 Å². The summed E-state index contributed by atoms with van der Waals surface area (Å²) in [5.41, 5.74) is 1.40. The summed E-state index contributed by atoms with van der Waals surface area (Å²) in [6.45, 7) is 2.00. The molecule has 0 radical (unpaired) electrons. The number of hydrogen-bond donors (Lipinski definition) is 1. The minimum atomic E-state index is -0.684. The Morgan fingerprint density at radius 2 is 2.00 bits per heavy atom. The van der Waals surface area contributed by atoms with Crippen LogP contribution in [0.3, 0.4) is 0 Å². The molecule has 16 heavy (non-hydrogen) atoms. The topological polar surface area (TPSA) is 37.3 Å². The van der Waals surface area contributed by atoms with Gasteiger partial charge in [0, 0.05) is 4.47 Å². The lowest BCUT2D eigenvalue weighted by Crippen LogP contribution is -2.33. The van der Waals surface area contributed by atoms with E-state index in [1.54, 1.807) is 0 Å². The zero-order valence-electron chi connectivity index (χ0n) is 9.29. The van der Waals surface area contributed by atoms with Crippen LogP contribution in [0.2, 0.25) is 0 Å².